The zero-order chi connectivity index (χ0) is 13.5. The highest BCUT2D eigenvalue weighted by Crippen LogP contribution is 2.11. The van der Waals surface area contributed by atoms with E-state index >= 15 is 0 Å². The van der Waals surface area contributed by atoms with Crippen molar-refractivity contribution < 1.29 is 14.6 Å². The zero-order valence-corrected chi connectivity index (χ0v) is 10.4. The Morgan fingerprint density at radius 1 is 1.44 bits per heavy atom. The van der Waals surface area contributed by atoms with Crippen LogP contribution >= 0.6 is 0 Å². The fourth-order valence-electron chi connectivity index (χ4n) is 1.48. The smallest absolute Gasteiger partial charge is 0.343 e. The first-order valence-corrected chi connectivity index (χ1v) is 5.39. The fraction of sp³-hybridized carbons (Fsp3) is 0.231. The highest BCUT2D eigenvalue weighted by atomic mass is 16.5. The Kier molecular flexibility index (Phi) is 5.07. The second-order valence-electron chi connectivity index (χ2n) is 3.64. The summed E-state index contributed by atoms with van der Waals surface area (Å²) in [5.74, 6) is -0.734. The summed E-state index contributed by atoms with van der Waals surface area (Å²) < 4.78 is 4.49. The molecule has 5 nitrogen and oxygen atoms in total. The van der Waals surface area contributed by atoms with Gasteiger partial charge in [0.25, 0.3) is 0 Å². The van der Waals surface area contributed by atoms with Crippen LogP contribution in [0.4, 0.5) is 0 Å². The third-order valence-electron chi connectivity index (χ3n) is 2.43. The molecule has 0 fully saturated rings. The van der Waals surface area contributed by atoms with Crippen molar-refractivity contribution in [3.8, 4) is 0 Å². The maximum atomic E-state index is 11.3. The third kappa shape index (κ3) is 3.18. The summed E-state index contributed by atoms with van der Waals surface area (Å²) in [5.41, 5.74) is 1.38. The predicted molar refractivity (Wildman–Crippen MR) is 68.8 cm³/mol. The summed E-state index contributed by atoms with van der Waals surface area (Å²) in [6.45, 7) is 0.729. The van der Waals surface area contributed by atoms with Crippen LogP contribution in [-0.4, -0.2) is 30.9 Å². The van der Waals surface area contributed by atoms with Crippen molar-refractivity contribution in [2.45, 2.75) is 6.54 Å². The molecule has 1 aromatic rings. The van der Waals surface area contributed by atoms with Gasteiger partial charge in [-0.15, -0.1) is 0 Å². The van der Waals surface area contributed by atoms with Gasteiger partial charge in [-0.1, -0.05) is 24.3 Å². The number of carbonyl (C=O) groups is 1. The average Bonchev–Trinajstić information content (AvgIpc) is 2.40. The van der Waals surface area contributed by atoms with Crippen molar-refractivity contribution >= 4 is 11.7 Å². The molecule has 1 rings (SSSR count). The van der Waals surface area contributed by atoms with Gasteiger partial charge in [0.05, 0.1) is 19.1 Å². The molecule has 0 aliphatic carbocycles. The molecule has 1 aromatic carbocycles. The molecule has 0 saturated carbocycles. The van der Waals surface area contributed by atoms with E-state index in [0.29, 0.717) is 11.8 Å². The van der Waals surface area contributed by atoms with Crippen LogP contribution in [0.15, 0.2) is 36.1 Å². The van der Waals surface area contributed by atoms with E-state index in [1.165, 1.54) is 7.11 Å². The second kappa shape index (κ2) is 6.56. The molecule has 0 atom stereocenters. The first kappa shape index (κ1) is 13.9. The molecular weight excluding hydrogens is 232 g/mol. The summed E-state index contributed by atoms with van der Waals surface area (Å²) in [6, 6.07) is 7.15. The number of hydrogen-bond donors (Lipinski definition) is 3. The normalized spacial score (nSPS) is 11.1. The molecule has 0 spiro atoms. The lowest BCUT2D eigenvalue weighted by Crippen LogP contribution is -2.15. The Balaban J connectivity index is 2.93. The van der Waals surface area contributed by atoms with Gasteiger partial charge in [-0.25, -0.2) is 4.79 Å². The van der Waals surface area contributed by atoms with Crippen LogP contribution in [-0.2, 0) is 16.1 Å². The topological polar surface area (TPSA) is 82.4 Å². The summed E-state index contributed by atoms with van der Waals surface area (Å²) in [6.07, 6.45) is 0.593. The van der Waals surface area contributed by atoms with Crippen LogP contribution in [0.2, 0.25) is 0 Å². The minimum absolute atomic E-state index is 0.0691. The maximum Gasteiger partial charge on any atom is 0.343 e. The number of esters is 1. The first-order chi connectivity index (χ1) is 8.63. The van der Waals surface area contributed by atoms with Crippen molar-refractivity contribution in [1.82, 2.24) is 5.32 Å². The number of aliphatic hydroxyl groups is 1. The SMILES string of the molecule is CNCc1ccc(C(=N)/C(=C\O)C(=O)OC)cc1. The molecule has 0 saturated heterocycles. The number of nitrogens with one attached hydrogen (secondary N) is 2. The molecule has 3 N–H and O–H groups in total. The van der Waals surface area contributed by atoms with Crippen molar-refractivity contribution in [3.63, 3.8) is 0 Å². The molecule has 0 bridgehead atoms. The van der Waals surface area contributed by atoms with E-state index in [1.54, 1.807) is 12.1 Å². The maximum absolute atomic E-state index is 11.3. The van der Waals surface area contributed by atoms with E-state index in [1.807, 2.05) is 19.2 Å². The summed E-state index contributed by atoms with van der Waals surface area (Å²) in [5, 5.41) is 19.8. The first-order valence-electron chi connectivity index (χ1n) is 5.39. The molecule has 96 valence electrons. The zero-order valence-electron chi connectivity index (χ0n) is 10.4. The number of rotatable bonds is 5. The van der Waals surface area contributed by atoms with Crippen LogP contribution in [0, 0.1) is 5.41 Å². The number of carbonyl (C=O) groups excluding carboxylic acids is 1. The Bertz CT molecular complexity index is 464. The predicted octanol–water partition coefficient (Wildman–Crippen LogP) is 1.39. The van der Waals surface area contributed by atoms with E-state index in [2.05, 4.69) is 10.1 Å². The van der Waals surface area contributed by atoms with Crippen molar-refractivity contribution in [3.05, 3.63) is 47.2 Å². The lowest BCUT2D eigenvalue weighted by atomic mass is 10.0. The minimum Gasteiger partial charge on any atom is -0.515 e. The van der Waals surface area contributed by atoms with Crippen molar-refractivity contribution in [2.24, 2.45) is 0 Å². The number of aliphatic hydroxyl groups excluding tert-OH is 1. The number of hydrogen-bond acceptors (Lipinski definition) is 5. The minimum atomic E-state index is -0.734. The Labute approximate surface area is 106 Å². The summed E-state index contributed by atoms with van der Waals surface area (Å²) in [4.78, 5) is 11.3. The second-order valence-corrected chi connectivity index (χ2v) is 3.64. The van der Waals surface area contributed by atoms with Gasteiger partial charge in [0.2, 0.25) is 0 Å². The molecule has 0 aliphatic heterocycles. The number of methoxy groups -OCH3 is 1. The lowest BCUT2D eigenvalue weighted by molar-refractivity contribution is -0.135. The molecule has 0 heterocycles. The van der Waals surface area contributed by atoms with Crippen molar-refractivity contribution in [2.75, 3.05) is 14.2 Å². The quantitative estimate of drug-likeness (QED) is 0.318. The highest BCUT2D eigenvalue weighted by molar-refractivity contribution is 6.25. The molecule has 5 heteroatoms. The molecule has 0 amide bonds. The van der Waals surface area contributed by atoms with Gasteiger partial charge in [-0.05, 0) is 12.6 Å². The van der Waals surface area contributed by atoms with Gasteiger partial charge in [-0.3, -0.25) is 5.41 Å². The van der Waals surface area contributed by atoms with Crippen LogP contribution in [0.1, 0.15) is 11.1 Å². The highest BCUT2D eigenvalue weighted by Gasteiger charge is 2.17. The van der Waals surface area contributed by atoms with Crippen LogP contribution in [0.25, 0.3) is 0 Å². The summed E-state index contributed by atoms with van der Waals surface area (Å²) >= 11 is 0. The Morgan fingerprint density at radius 2 is 2.06 bits per heavy atom. The molecule has 18 heavy (non-hydrogen) atoms. The lowest BCUT2D eigenvalue weighted by Gasteiger charge is -2.07. The monoisotopic (exact) mass is 248 g/mol. The third-order valence-corrected chi connectivity index (χ3v) is 2.43. The van der Waals surface area contributed by atoms with Gasteiger partial charge < -0.3 is 15.2 Å². The average molecular weight is 248 g/mol. The Hall–Kier alpha value is -2.14. The standard InChI is InChI=1S/C13H16N2O3/c1-15-7-9-3-5-10(6-4-9)12(14)11(8-16)13(17)18-2/h3-6,8,14-16H,7H2,1-2H3/b11-8+,14-12?. The van der Waals surface area contributed by atoms with E-state index in [4.69, 9.17) is 10.5 Å². The molecule has 0 unspecified atom stereocenters. The van der Waals surface area contributed by atoms with Crippen LogP contribution in [0.5, 0.6) is 0 Å². The Morgan fingerprint density at radius 3 is 2.50 bits per heavy atom. The van der Waals surface area contributed by atoms with Crippen LogP contribution < -0.4 is 5.32 Å². The number of benzene rings is 1. The van der Waals surface area contributed by atoms with Gasteiger partial charge in [0, 0.05) is 12.1 Å². The van der Waals surface area contributed by atoms with E-state index in [0.717, 1.165) is 12.1 Å². The summed E-state index contributed by atoms with van der Waals surface area (Å²) in [7, 11) is 3.05. The van der Waals surface area contributed by atoms with E-state index in [-0.39, 0.29) is 11.3 Å². The molecular formula is C13H16N2O3. The molecule has 0 aromatic heterocycles. The van der Waals surface area contributed by atoms with Gasteiger partial charge in [-0.2, -0.15) is 0 Å². The fourth-order valence-corrected chi connectivity index (χ4v) is 1.48. The number of ether oxygens (including phenoxy) is 1. The van der Waals surface area contributed by atoms with Crippen LogP contribution in [0.3, 0.4) is 0 Å². The molecule has 0 aliphatic rings. The largest absolute Gasteiger partial charge is 0.515 e. The van der Waals surface area contributed by atoms with Gasteiger partial charge in [0.15, 0.2) is 0 Å². The van der Waals surface area contributed by atoms with Gasteiger partial charge in [0.1, 0.15) is 5.57 Å². The van der Waals surface area contributed by atoms with Crippen molar-refractivity contribution in [1.29, 1.82) is 5.41 Å². The molecule has 0 radical (unpaired) electrons. The van der Waals surface area contributed by atoms with E-state index in [9.17, 15) is 4.79 Å². The van der Waals surface area contributed by atoms with Gasteiger partial charge >= 0.3 is 5.97 Å². The van der Waals surface area contributed by atoms with E-state index < -0.39 is 5.97 Å².